The zero-order valence-corrected chi connectivity index (χ0v) is 6.83. The van der Waals surface area contributed by atoms with Gasteiger partial charge in [0.05, 0.1) is 7.11 Å². The van der Waals surface area contributed by atoms with Crippen LogP contribution in [0.15, 0.2) is 18.2 Å². The van der Waals surface area contributed by atoms with Crippen LogP contribution < -0.4 is 5.46 Å². The van der Waals surface area contributed by atoms with Crippen LogP contribution >= 0.6 is 0 Å². The third-order valence-electron chi connectivity index (χ3n) is 1.36. The Bertz CT molecular complexity index is 275. The van der Waals surface area contributed by atoms with Crippen LogP contribution in [0.2, 0.25) is 0 Å². The van der Waals surface area contributed by atoms with E-state index in [2.05, 4.69) is 9.69 Å². The molecule has 0 fully saturated rings. The molecule has 0 atom stereocenters. The highest BCUT2D eigenvalue weighted by molar-refractivity contribution is 6.59. The van der Waals surface area contributed by atoms with E-state index >= 15 is 0 Å². The molecule has 0 saturated carbocycles. The minimum atomic E-state index is -1.49. The first-order valence-corrected chi connectivity index (χ1v) is 3.47. The van der Waals surface area contributed by atoms with Gasteiger partial charge in [-0.1, -0.05) is 0 Å². The molecule has 0 radical (unpaired) electrons. The Morgan fingerprint density at radius 1 is 1.23 bits per heavy atom. The van der Waals surface area contributed by atoms with Crippen LogP contribution in [-0.2, 0) is 9.69 Å². The highest BCUT2D eigenvalue weighted by Crippen LogP contribution is 2.00. The van der Waals surface area contributed by atoms with Crippen molar-refractivity contribution in [3.8, 4) is 0 Å². The van der Waals surface area contributed by atoms with Crippen LogP contribution in [0.3, 0.4) is 0 Å². The molecule has 0 heterocycles. The first kappa shape index (κ1) is 10.1. The minimum Gasteiger partial charge on any atom is -0.422 e. The molecule has 0 aromatic heterocycles. The first-order chi connectivity index (χ1) is 6.13. The fraction of sp³-hybridized carbons (Fsp3) is 0.143. The monoisotopic (exact) mass is 188 g/mol. The molecule has 1 aromatic rings. The van der Waals surface area contributed by atoms with Gasteiger partial charge in [0.25, 0.3) is 0 Å². The predicted molar refractivity (Wildman–Crippen MR) is 42.1 cm³/mol. The highest BCUT2D eigenvalue weighted by Gasteiger charge is 2.18. The first-order valence-electron chi connectivity index (χ1n) is 3.47. The molecule has 13 heavy (non-hydrogen) atoms. The van der Waals surface area contributed by atoms with Crippen LogP contribution in [0.4, 0.5) is 8.78 Å². The number of benzene rings is 1. The van der Waals surface area contributed by atoms with Crippen molar-refractivity contribution in [1.29, 1.82) is 0 Å². The molecule has 6 heteroatoms. The van der Waals surface area contributed by atoms with Gasteiger partial charge in [-0.15, -0.1) is 0 Å². The van der Waals surface area contributed by atoms with Gasteiger partial charge in [0, 0.05) is 6.07 Å². The van der Waals surface area contributed by atoms with E-state index < -0.39 is 18.8 Å². The maximum atomic E-state index is 12.6. The van der Waals surface area contributed by atoms with Gasteiger partial charge in [0.1, 0.15) is 11.6 Å². The molecule has 0 amide bonds. The van der Waals surface area contributed by atoms with Crippen LogP contribution in [-0.4, -0.2) is 19.3 Å². The van der Waals surface area contributed by atoms with E-state index in [9.17, 15) is 8.78 Å². The summed E-state index contributed by atoms with van der Waals surface area (Å²) in [6, 6.07) is 2.60. The number of hydrogen-bond acceptors (Lipinski definition) is 3. The summed E-state index contributed by atoms with van der Waals surface area (Å²) >= 11 is 0. The van der Waals surface area contributed by atoms with Crippen molar-refractivity contribution in [3.05, 3.63) is 29.8 Å². The van der Waals surface area contributed by atoms with Crippen molar-refractivity contribution in [2.45, 2.75) is 0 Å². The topological polar surface area (TPSA) is 38.7 Å². The lowest BCUT2D eigenvalue weighted by Gasteiger charge is -2.04. The summed E-state index contributed by atoms with van der Waals surface area (Å²) in [7, 11) is -0.311. The normalized spacial score (nSPS) is 10.2. The van der Waals surface area contributed by atoms with Crippen molar-refractivity contribution < 1.29 is 23.5 Å². The lowest BCUT2D eigenvalue weighted by molar-refractivity contribution is -0.193. The van der Waals surface area contributed by atoms with Gasteiger partial charge in [-0.3, -0.25) is 9.69 Å². The summed E-state index contributed by atoms with van der Waals surface area (Å²) in [6.45, 7) is 0. The average Bonchev–Trinajstić information content (AvgIpc) is 2.03. The molecule has 1 aromatic carbocycles. The summed E-state index contributed by atoms with van der Waals surface area (Å²) in [6.07, 6.45) is 0. The SMILES string of the molecule is COOB(O)c1cc(F)cc(F)c1. The minimum absolute atomic E-state index is 0.0423. The zero-order chi connectivity index (χ0) is 9.84. The smallest absolute Gasteiger partial charge is 0.422 e. The average molecular weight is 188 g/mol. The second-order valence-electron chi connectivity index (χ2n) is 2.32. The summed E-state index contributed by atoms with van der Waals surface area (Å²) in [5.41, 5.74) is -0.0423. The van der Waals surface area contributed by atoms with Gasteiger partial charge < -0.3 is 5.02 Å². The molecule has 0 bridgehead atoms. The predicted octanol–water partition coefficient (Wildman–Crippen LogP) is 0.230. The van der Waals surface area contributed by atoms with Crippen LogP contribution in [0.25, 0.3) is 0 Å². The standard InChI is InChI=1S/C7H7BF2O3/c1-12-13-8(11)5-2-6(9)4-7(10)3-5/h2-4,11H,1H3. The van der Waals surface area contributed by atoms with Crippen LogP contribution in [0, 0.1) is 11.6 Å². The van der Waals surface area contributed by atoms with Gasteiger partial charge in [-0.25, -0.2) is 8.78 Å². The maximum Gasteiger partial charge on any atom is 0.523 e. The Hall–Kier alpha value is -0.975. The van der Waals surface area contributed by atoms with Crippen molar-refractivity contribution in [3.63, 3.8) is 0 Å². The van der Waals surface area contributed by atoms with E-state index in [-0.39, 0.29) is 5.46 Å². The van der Waals surface area contributed by atoms with E-state index in [1.54, 1.807) is 0 Å². The zero-order valence-electron chi connectivity index (χ0n) is 6.83. The second-order valence-corrected chi connectivity index (χ2v) is 2.32. The lowest BCUT2D eigenvalue weighted by atomic mass is 9.80. The molecule has 0 aliphatic carbocycles. The van der Waals surface area contributed by atoms with E-state index in [0.717, 1.165) is 12.1 Å². The van der Waals surface area contributed by atoms with E-state index in [1.165, 1.54) is 7.11 Å². The fourth-order valence-electron chi connectivity index (χ4n) is 0.864. The highest BCUT2D eigenvalue weighted by atomic mass is 19.1. The van der Waals surface area contributed by atoms with Gasteiger partial charge in [0.2, 0.25) is 0 Å². The molecule has 0 saturated heterocycles. The van der Waals surface area contributed by atoms with Crippen molar-refractivity contribution in [1.82, 2.24) is 0 Å². The molecule has 1 N–H and O–H groups in total. The Balaban J connectivity index is 2.87. The summed E-state index contributed by atoms with van der Waals surface area (Å²) in [5.74, 6) is -1.57. The third kappa shape index (κ3) is 2.76. The van der Waals surface area contributed by atoms with Crippen LogP contribution in [0.5, 0.6) is 0 Å². The Morgan fingerprint density at radius 2 is 1.77 bits per heavy atom. The van der Waals surface area contributed by atoms with E-state index in [0.29, 0.717) is 6.07 Å². The maximum absolute atomic E-state index is 12.6. The van der Waals surface area contributed by atoms with Crippen LogP contribution in [0.1, 0.15) is 0 Å². The fourth-order valence-corrected chi connectivity index (χ4v) is 0.864. The van der Waals surface area contributed by atoms with E-state index in [1.807, 2.05) is 0 Å². The lowest BCUT2D eigenvalue weighted by Crippen LogP contribution is -2.33. The Kier molecular flexibility index (Phi) is 3.35. The molecule has 0 aliphatic heterocycles. The van der Waals surface area contributed by atoms with Gasteiger partial charge in [-0.2, -0.15) is 0 Å². The molecule has 3 nitrogen and oxygen atoms in total. The Labute approximate surface area is 74.0 Å². The van der Waals surface area contributed by atoms with Gasteiger partial charge >= 0.3 is 7.12 Å². The Morgan fingerprint density at radius 3 is 2.23 bits per heavy atom. The molecule has 0 unspecified atom stereocenters. The molecule has 0 spiro atoms. The molecule has 70 valence electrons. The van der Waals surface area contributed by atoms with Gasteiger partial charge in [-0.05, 0) is 17.6 Å². The number of hydrogen-bond donors (Lipinski definition) is 1. The largest absolute Gasteiger partial charge is 0.523 e. The van der Waals surface area contributed by atoms with E-state index in [4.69, 9.17) is 5.02 Å². The molecular weight excluding hydrogens is 181 g/mol. The van der Waals surface area contributed by atoms with Gasteiger partial charge in [0.15, 0.2) is 0 Å². The molecule has 0 aliphatic rings. The summed E-state index contributed by atoms with van der Waals surface area (Å²) in [5, 5.41) is 9.09. The second kappa shape index (κ2) is 4.31. The summed E-state index contributed by atoms with van der Waals surface area (Å²) in [4.78, 5) is 8.40. The number of halogens is 2. The number of rotatable bonds is 3. The van der Waals surface area contributed by atoms with Crippen molar-refractivity contribution >= 4 is 12.6 Å². The third-order valence-corrected chi connectivity index (χ3v) is 1.36. The van der Waals surface area contributed by atoms with Crippen molar-refractivity contribution in [2.75, 3.05) is 7.11 Å². The molecular formula is C7H7BF2O3. The molecule has 1 rings (SSSR count). The quantitative estimate of drug-likeness (QED) is 0.419. The van der Waals surface area contributed by atoms with Crippen molar-refractivity contribution in [2.24, 2.45) is 0 Å². The summed E-state index contributed by atoms with van der Waals surface area (Å²) < 4.78 is 25.2.